The van der Waals surface area contributed by atoms with Gasteiger partial charge in [-0.25, -0.2) is 0 Å². The summed E-state index contributed by atoms with van der Waals surface area (Å²) in [6.45, 7) is 0.469. The van der Waals surface area contributed by atoms with Crippen LogP contribution in [0.5, 0.6) is 0 Å². The van der Waals surface area contributed by atoms with Crippen molar-refractivity contribution >= 4 is 24.0 Å². The standard InChI is InChI=1S/C17H20N2O4.2H2/c20-10-23-14-5-4-13(9-14)18-17(22)8-11-1-2-12-3-6-16(21)19-15(12)7-11;;/h1-2,7,10,13-14H,3-6,8-9H2,(H,18,22)(H,19,21);2*1H. The zero-order valence-electron chi connectivity index (χ0n) is 12.8. The molecule has 1 heterocycles. The van der Waals surface area contributed by atoms with E-state index in [0.717, 1.165) is 36.1 Å². The zero-order valence-corrected chi connectivity index (χ0v) is 12.8. The van der Waals surface area contributed by atoms with Gasteiger partial charge in [-0.1, -0.05) is 12.1 Å². The molecular formula is C17H24N2O4. The van der Waals surface area contributed by atoms with Crippen molar-refractivity contribution in [1.82, 2.24) is 5.32 Å². The molecule has 3 rings (SSSR count). The lowest BCUT2D eigenvalue weighted by Gasteiger charge is -2.18. The maximum atomic E-state index is 12.2. The van der Waals surface area contributed by atoms with Crippen molar-refractivity contribution in [2.75, 3.05) is 5.32 Å². The summed E-state index contributed by atoms with van der Waals surface area (Å²) in [6.07, 6.45) is 3.73. The lowest BCUT2D eigenvalue weighted by atomic mass is 9.99. The number of carbonyl (C=O) groups excluding carboxylic acids is 3. The van der Waals surface area contributed by atoms with Crippen molar-refractivity contribution in [3.8, 4) is 0 Å². The van der Waals surface area contributed by atoms with Gasteiger partial charge in [-0.2, -0.15) is 0 Å². The lowest BCUT2D eigenvalue weighted by molar-refractivity contribution is -0.133. The molecule has 6 heteroatoms. The average Bonchev–Trinajstić information content (AvgIpc) is 2.94. The minimum atomic E-state index is -0.0863. The smallest absolute Gasteiger partial charge is 0.293 e. The minimum Gasteiger partial charge on any atom is -0.465 e. The van der Waals surface area contributed by atoms with Crippen LogP contribution < -0.4 is 10.6 Å². The molecule has 0 bridgehead atoms. The summed E-state index contributed by atoms with van der Waals surface area (Å²) in [6, 6.07) is 5.84. The Bertz CT molecular complexity index is 639. The molecule has 6 nitrogen and oxygen atoms in total. The molecule has 126 valence electrons. The van der Waals surface area contributed by atoms with Gasteiger partial charge < -0.3 is 15.4 Å². The monoisotopic (exact) mass is 320 g/mol. The van der Waals surface area contributed by atoms with E-state index in [2.05, 4.69) is 10.6 Å². The summed E-state index contributed by atoms with van der Waals surface area (Å²) in [4.78, 5) is 33.9. The Morgan fingerprint density at radius 2 is 2.26 bits per heavy atom. The third-order valence-corrected chi connectivity index (χ3v) is 4.43. The highest BCUT2D eigenvalue weighted by molar-refractivity contribution is 5.94. The highest BCUT2D eigenvalue weighted by atomic mass is 16.5. The summed E-state index contributed by atoms with van der Waals surface area (Å²) in [5.41, 5.74) is 2.80. The fourth-order valence-electron chi connectivity index (χ4n) is 3.27. The number of amides is 2. The largest absolute Gasteiger partial charge is 0.465 e. The van der Waals surface area contributed by atoms with E-state index < -0.39 is 0 Å². The van der Waals surface area contributed by atoms with Crippen LogP contribution in [0.2, 0.25) is 0 Å². The number of aryl methyl sites for hydroxylation is 1. The van der Waals surface area contributed by atoms with E-state index in [1.807, 2.05) is 18.2 Å². The molecule has 2 unspecified atom stereocenters. The summed E-state index contributed by atoms with van der Waals surface area (Å²) in [5, 5.41) is 5.83. The van der Waals surface area contributed by atoms with Crippen molar-refractivity contribution in [3.05, 3.63) is 29.3 Å². The molecule has 1 aliphatic carbocycles. The second-order valence-corrected chi connectivity index (χ2v) is 6.15. The number of anilines is 1. The van der Waals surface area contributed by atoms with E-state index in [1.165, 1.54) is 0 Å². The molecule has 0 saturated heterocycles. The van der Waals surface area contributed by atoms with Crippen molar-refractivity contribution in [2.45, 2.75) is 50.7 Å². The fraction of sp³-hybridized carbons (Fsp3) is 0.471. The number of carbonyl (C=O) groups is 3. The van der Waals surface area contributed by atoms with Gasteiger partial charge >= 0.3 is 0 Å². The Labute approximate surface area is 137 Å². The first-order valence-corrected chi connectivity index (χ1v) is 7.94. The Kier molecular flexibility index (Phi) is 4.60. The molecule has 1 aromatic carbocycles. The molecule has 23 heavy (non-hydrogen) atoms. The molecule has 0 radical (unpaired) electrons. The first kappa shape index (κ1) is 15.5. The number of fused-ring (bicyclic) bond motifs is 1. The Morgan fingerprint density at radius 1 is 1.39 bits per heavy atom. The summed E-state index contributed by atoms with van der Waals surface area (Å²) in [7, 11) is 0. The average molecular weight is 320 g/mol. The summed E-state index contributed by atoms with van der Waals surface area (Å²) >= 11 is 0. The number of nitrogens with one attached hydrogen (secondary N) is 2. The number of benzene rings is 1. The van der Waals surface area contributed by atoms with Crippen LogP contribution in [0.25, 0.3) is 0 Å². The van der Waals surface area contributed by atoms with Gasteiger partial charge in [-0.15, -0.1) is 0 Å². The van der Waals surface area contributed by atoms with Crippen molar-refractivity contribution in [1.29, 1.82) is 0 Å². The second-order valence-electron chi connectivity index (χ2n) is 6.15. The SMILES string of the molecule is O=COC1CCC(NC(=O)Cc2ccc3c(c2)NC(=O)CC3)C1.[HH].[HH]. The zero-order chi connectivity index (χ0) is 16.2. The van der Waals surface area contributed by atoms with E-state index in [0.29, 0.717) is 19.3 Å². The van der Waals surface area contributed by atoms with Crippen LogP contribution in [0.3, 0.4) is 0 Å². The molecule has 1 fully saturated rings. The van der Waals surface area contributed by atoms with Gasteiger partial charge in [0, 0.05) is 27.4 Å². The van der Waals surface area contributed by atoms with E-state index in [1.54, 1.807) is 0 Å². The number of hydrogen-bond acceptors (Lipinski definition) is 4. The third-order valence-electron chi connectivity index (χ3n) is 4.43. The molecule has 1 aliphatic heterocycles. The van der Waals surface area contributed by atoms with Crippen LogP contribution in [-0.2, 0) is 32.0 Å². The molecule has 1 saturated carbocycles. The number of hydrogen-bond donors (Lipinski definition) is 2. The van der Waals surface area contributed by atoms with Crippen LogP contribution in [0.1, 0.15) is 39.7 Å². The van der Waals surface area contributed by atoms with Gasteiger partial charge in [-0.3, -0.25) is 14.4 Å². The first-order chi connectivity index (χ1) is 11.1. The van der Waals surface area contributed by atoms with Gasteiger partial charge in [0.15, 0.2) is 0 Å². The molecule has 2 amide bonds. The van der Waals surface area contributed by atoms with Crippen LogP contribution in [0, 0.1) is 0 Å². The third kappa shape index (κ3) is 3.88. The van der Waals surface area contributed by atoms with Gasteiger partial charge in [0.1, 0.15) is 6.10 Å². The Morgan fingerprint density at radius 3 is 3.09 bits per heavy atom. The van der Waals surface area contributed by atoms with Crippen LogP contribution in [-0.4, -0.2) is 30.4 Å². The van der Waals surface area contributed by atoms with E-state index >= 15 is 0 Å². The summed E-state index contributed by atoms with van der Waals surface area (Å²) < 4.78 is 4.93. The molecule has 2 atom stereocenters. The summed E-state index contributed by atoms with van der Waals surface area (Å²) in [5.74, 6) is -0.0323. The predicted octanol–water partition coefficient (Wildman–Crippen LogP) is 1.82. The van der Waals surface area contributed by atoms with Crippen molar-refractivity contribution in [3.63, 3.8) is 0 Å². The molecule has 1 aromatic rings. The van der Waals surface area contributed by atoms with Crippen molar-refractivity contribution in [2.24, 2.45) is 0 Å². The lowest BCUT2D eigenvalue weighted by Crippen LogP contribution is -2.34. The number of ether oxygens (including phenoxy) is 1. The molecule has 0 spiro atoms. The maximum absolute atomic E-state index is 12.2. The van der Waals surface area contributed by atoms with Gasteiger partial charge in [-0.05, 0) is 36.5 Å². The predicted molar refractivity (Wildman–Crippen MR) is 88.0 cm³/mol. The quantitative estimate of drug-likeness (QED) is 0.811. The highest BCUT2D eigenvalue weighted by Crippen LogP contribution is 2.24. The molecule has 2 aliphatic rings. The highest BCUT2D eigenvalue weighted by Gasteiger charge is 2.27. The maximum Gasteiger partial charge on any atom is 0.293 e. The van der Waals surface area contributed by atoms with E-state index in [-0.39, 0.29) is 33.2 Å². The van der Waals surface area contributed by atoms with Crippen LogP contribution in [0.15, 0.2) is 18.2 Å². The normalized spacial score (nSPS) is 22.9. The Hall–Kier alpha value is -2.37. The minimum absolute atomic E-state index is 0. The second kappa shape index (κ2) is 6.81. The van der Waals surface area contributed by atoms with Gasteiger partial charge in [0.25, 0.3) is 6.47 Å². The van der Waals surface area contributed by atoms with Crippen LogP contribution >= 0.6 is 0 Å². The molecular weight excluding hydrogens is 296 g/mol. The number of rotatable bonds is 5. The molecule has 0 aromatic heterocycles. The Balaban J connectivity index is 0.00000156. The van der Waals surface area contributed by atoms with Gasteiger partial charge in [0.05, 0.1) is 6.42 Å². The van der Waals surface area contributed by atoms with E-state index in [4.69, 9.17) is 4.74 Å². The fourth-order valence-corrected chi connectivity index (χ4v) is 3.27. The molecule has 2 N–H and O–H groups in total. The van der Waals surface area contributed by atoms with Crippen LogP contribution in [0.4, 0.5) is 5.69 Å². The van der Waals surface area contributed by atoms with Gasteiger partial charge in [0.2, 0.25) is 11.8 Å². The topological polar surface area (TPSA) is 84.5 Å². The van der Waals surface area contributed by atoms with Crippen molar-refractivity contribution < 1.29 is 22.0 Å². The van der Waals surface area contributed by atoms with E-state index in [9.17, 15) is 14.4 Å². The first-order valence-electron chi connectivity index (χ1n) is 7.94.